The minimum atomic E-state index is -2.49. The SMILES string of the molecule is CCCC[As](=O)O. The molecule has 0 rings (SSSR count). The zero-order chi connectivity index (χ0) is 5.70. The predicted molar refractivity (Wildman–Crippen MR) is 28.4 cm³/mol. The number of rotatable bonds is 3. The quantitative estimate of drug-likeness (QED) is 0.625. The molecule has 0 saturated heterocycles. The molecule has 0 saturated carbocycles. The molecule has 0 aliphatic heterocycles. The summed E-state index contributed by atoms with van der Waals surface area (Å²) in [5.41, 5.74) is 0. The van der Waals surface area contributed by atoms with E-state index in [1.54, 1.807) is 0 Å². The molecule has 0 spiro atoms. The first-order valence-corrected chi connectivity index (χ1v) is 5.34. The number of unbranched alkanes of at least 4 members (excludes halogenated alkanes) is 1. The van der Waals surface area contributed by atoms with Crippen molar-refractivity contribution in [1.29, 1.82) is 0 Å². The minimum absolute atomic E-state index is 0.545. The molecule has 0 bridgehead atoms. The number of hydrogen-bond acceptors (Lipinski definition) is 1. The molecule has 0 amide bonds. The molecule has 0 aromatic heterocycles. The third kappa shape index (κ3) is 6.32. The van der Waals surface area contributed by atoms with Crippen molar-refractivity contribution >= 4 is 14.9 Å². The van der Waals surface area contributed by atoms with Crippen molar-refractivity contribution in [2.24, 2.45) is 0 Å². The van der Waals surface area contributed by atoms with Crippen molar-refractivity contribution in [1.82, 2.24) is 0 Å². The molecule has 0 aromatic rings. The molecule has 1 unspecified atom stereocenters. The van der Waals surface area contributed by atoms with Gasteiger partial charge < -0.3 is 0 Å². The zero-order valence-electron chi connectivity index (χ0n) is 4.42. The molecule has 43 valence electrons. The third-order valence-corrected chi connectivity index (χ3v) is 2.17. The van der Waals surface area contributed by atoms with Crippen LogP contribution < -0.4 is 0 Å². The van der Waals surface area contributed by atoms with Crippen LogP contribution in [0.3, 0.4) is 0 Å². The Balaban J connectivity index is 2.82. The van der Waals surface area contributed by atoms with Crippen LogP contribution in [0.5, 0.6) is 0 Å². The van der Waals surface area contributed by atoms with Gasteiger partial charge in [0.1, 0.15) is 0 Å². The van der Waals surface area contributed by atoms with Crippen molar-refractivity contribution in [2.45, 2.75) is 25.0 Å². The summed E-state index contributed by atoms with van der Waals surface area (Å²) < 4.78 is 18.3. The van der Waals surface area contributed by atoms with E-state index in [9.17, 15) is 3.74 Å². The summed E-state index contributed by atoms with van der Waals surface area (Å²) in [5.74, 6) is 0. The second-order valence-corrected chi connectivity index (χ2v) is 3.85. The summed E-state index contributed by atoms with van der Waals surface area (Å²) in [5, 5.41) is 0.545. The van der Waals surface area contributed by atoms with Gasteiger partial charge >= 0.3 is 47.7 Å². The normalized spacial score (nSPS) is 11.4. The van der Waals surface area contributed by atoms with Crippen molar-refractivity contribution < 1.29 is 7.84 Å². The first-order valence-electron chi connectivity index (χ1n) is 2.41. The molecule has 7 heavy (non-hydrogen) atoms. The standard InChI is InChI=1S/C4H10AsO2/c1-2-3-4-5(6)7/h2-4H2,1H3,(H,6,7). The van der Waals surface area contributed by atoms with E-state index < -0.39 is 14.9 Å². The molecular formula is C4H10AsO2. The van der Waals surface area contributed by atoms with E-state index in [-0.39, 0.29) is 0 Å². The summed E-state index contributed by atoms with van der Waals surface area (Å²) in [6.07, 6.45) is 1.92. The van der Waals surface area contributed by atoms with Gasteiger partial charge in [-0.25, -0.2) is 0 Å². The van der Waals surface area contributed by atoms with Gasteiger partial charge in [0.2, 0.25) is 0 Å². The topological polar surface area (TPSA) is 37.3 Å². The van der Waals surface area contributed by atoms with Crippen LogP contribution in [-0.2, 0) is 3.74 Å². The Kier molecular flexibility index (Phi) is 4.68. The van der Waals surface area contributed by atoms with Crippen molar-refractivity contribution in [3.05, 3.63) is 0 Å². The second-order valence-electron chi connectivity index (χ2n) is 1.43. The fourth-order valence-electron chi connectivity index (χ4n) is 0.293. The Morgan fingerprint density at radius 2 is 2.29 bits per heavy atom. The third-order valence-electron chi connectivity index (χ3n) is 0.703. The summed E-state index contributed by atoms with van der Waals surface area (Å²) >= 11 is -2.49. The van der Waals surface area contributed by atoms with E-state index in [1.165, 1.54) is 0 Å². The predicted octanol–water partition coefficient (Wildman–Crippen LogP) is 0.698. The summed E-state index contributed by atoms with van der Waals surface area (Å²) in [6.45, 7) is 2.01. The van der Waals surface area contributed by atoms with E-state index in [2.05, 4.69) is 0 Å². The van der Waals surface area contributed by atoms with Crippen LogP contribution in [0.15, 0.2) is 0 Å². The van der Waals surface area contributed by atoms with Crippen LogP contribution in [0.2, 0.25) is 5.21 Å². The van der Waals surface area contributed by atoms with Gasteiger partial charge in [-0.15, -0.1) is 0 Å². The van der Waals surface area contributed by atoms with Gasteiger partial charge in [0, 0.05) is 0 Å². The van der Waals surface area contributed by atoms with Gasteiger partial charge in [0.05, 0.1) is 0 Å². The molecule has 0 aliphatic rings. The Bertz CT molecular complexity index is 62.7. The van der Waals surface area contributed by atoms with Crippen LogP contribution in [0.4, 0.5) is 0 Å². The van der Waals surface area contributed by atoms with E-state index >= 15 is 0 Å². The molecular weight excluding hydrogens is 155 g/mol. The molecule has 1 atom stereocenters. The zero-order valence-corrected chi connectivity index (χ0v) is 6.30. The maximum absolute atomic E-state index is 9.99. The van der Waals surface area contributed by atoms with Crippen LogP contribution in [0, 0.1) is 0 Å². The fourth-order valence-corrected chi connectivity index (χ4v) is 1.52. The monoisotopic (exact) mass is 165 g/mol. The molecule has 1 radical (unpaired) electrons. The van der Waals surface area contributed by atoms with E-state index in [4.69, 9.17) is 4.10 Å². The molecule has 0 aliphatic carbocycles. The molecule has 1 N–H and O–H groups in total. The van der Waals surface area contributed by atoms with Gasteiger partial charge in [-0.3, -0.25) is 0 Å². The summed E-state index contributed by atoms with van der Waals surface area (Å²) in [7, 11) is 0. The molecule has 3 heteroatoms. The van der Waals surface area contributed by atoms with E-state index in [0.29, 0.717) is 5.21 Å². The Morgan fingerprint density at radius 1 is 1.71 bits per heavy atom. The van der Waals surface area contributed by atoms with Gasteiger partial charge in [-0.05, 0) is 0 Å². The molecule has 0 aromatic carbocycles. The summed E-state index contributed by atoms with van der Waals surface area (Å²) in [6, 6.07) is 0. The molecule has 0 fully saturated rings. The first kappa shape index (κ1) is 7.32. The fraction of sp³-hybridized carbons (Fsp3) is 1.00. The van der Waals surface area contributed by atoms with Crippen LogP contribution >= 0.6 is 0 Å². The van der Waals surface area contributed by atoms with Crippen LogP contribution in [0.1, 0.15) is 19.8 Å². The average Bonchev–Trinajstić information content (AvgIpc) is 1.61. The Labute approximate surface area is 48.4 Å². The summed E-state index contributed by atoms with van der Waals surface area (Å²) in [4.78, 5) is 0. The average molecular weight is 165 g/mol. The second kappa shape index (κ2) is 4.48. The van der Waals surface area contributed by atoms with Crippen molar-refractivity contribution in [2.75, 3.05) is 0 Å². The van der Waals surface area contributed by atoms with Gasteiger partial charge in [-0.1, -0.05) is 0 Å². The number of hydrogen-bond donors (Lipinski definition) is 1. The van der Waals surface area contributed by atoms with Crippen molar-refractivity contribution in [3.8, 4) is 0 Å². The maximum atomic E-state index is 9.99. The molecule has 2 nitrogen and oxygen atoms in total. The first-order chi connectivity index (χ1) is 3.27. The van der Waals surface area contributed by atoms with Gasteiger partial charge in [0.25, 0.3) is 0 Å². The van der Waals surface area contributed by atoms with Crippen LogP contribution in [0.25, 0.3) is 0 Å². The molecule has 0 heterocycles. The Morgan fingerprint density at radius 3 is 2.43 bits per heavy atom. The van der Waals surface area contributed by atoms with Crippen LogP contribution in [-0.4, -0.2) is 19.0 Å². The Hall–Kier alpha value is 0.318. The van der Waals surface area contributed by atoms with Crippen molar-refractivity contribution in [3.63, 3.8) is 0 Å². The van der Waals surface area contributed by atoms with Gasteiger partial charge in [-0.2, -0.15) is 0 Å². The van der Waals surface area contributed by atoms with E-state index in [1.807, 2.05) is 6.92 Å². The van der Waals surface area contributed by atoms with Gasteiger partial charge in [0.15, 0.2) is 0 Å². The van der Waals surface area contributed by atoms with E-state index in [0.717, 1.165) is 12.8 Å².